The molecule has 0 unspecified atom stereocenters. The molecule has 146 valence electrons. The molecule has 0 fully saturated rings. The number of H-pyrrole nitrogens is 1. The van der Waals surface area contributed by atoms with Crippen LogP contribution in [0.4, 0.5) is 5.69 Å². The third-order valence-electron chi connectivity index (χ3n) is 5.55. The highest BCUT2D eigenvalue weighted by atomic mass is 32.2. The van der Waals surface area contributed by atoms with Gasteiger partial charge in [0.2, 0.25) is 0 Å². The maximum absolute atomic E-state index is 13.2. The highest BCUT2D eigenvalue weighted by Gasteiger charge is 2.25. The standard InChI is InChI=1S/C22H24N2O3S/c1-4-15-8-5-7-13(2)22(15)24-28(26,27)20-12-18-16(11-14(20)3)21-17(23-18)9-6-10-19(21)25/h5,7-8,11-12,23-24H,4,6,9-10H2,1-3H3. The molecule has 0 aliphatic heterocycles. The Bertz CT molecular complexity index is 1210. The summed E-state index contributed by atoms with van der Waals surface area (Å²) < 4.78 is 29.2. The number of sulfonamides is 1. The molecule has 28 heavy (non-hydrogen) atoms. The molecule has 2 aromatic carbocycles. The van der Waals surface area contributed by atoms with Gasteiger partial charge in [-0.3, -0.25) is 9.52 Å². The minimum Gasteiger partial charge on any atom is -0.358 e. The number of Topliss-reactive ketones (excluding diaryl/α,β-unsaturated/α-hetero) is 1. The second-order valence-corrected chi connectivity index (χ2v) is 9.14. The van der Waals surface area contributed by atoms with Crippen LogP contribution in [0.25, 0.3) is 10.9 Å². The fourth-order valence-corrected chi connectivity index (χ4v) is 5.52. The quantitative estimate of drug-likeness (QED) is 0.673. The van der Waals surface area contributed by atoms with Gasteiger partial charge in [-0.05, 0) is 61.9 Å². The molecule has 1 aliphatic carbocycles. The molecule has 1 aromatic heterocycles. The summed E-state index contributed by atoms with van der Waals surface area (Å²) in [5.41, 5.74) is 5.48. The minimum absolute atomic E-state index is 0.133. The lowest BCUT2D eigenvalue weighted by Gasteiger charge is -2.16. The van der Waals surface area contributed by atoms with Gasteiger partial charge in [0.1, 0.15) is 0 Å². The van der Waals surface area contributed by atoms with E-state index >= 15 is 0 Å². The number of aromatic amines is 1. The third kappa shape index (κ3) is 3.02. The zero-order chi connectivity index (χ0) is 20.1. The molecule has 0 saturated heterocycles. The number of aromatic nitrogens is 1. The summed E-state index contributed by atoms with van der Waals surface area (Å²) in [5.74, 6) is 0.133. The lowest BCUT2D eigenvalue weighted by Crippen LogP contribution is -2.16. The number of rotatable bonds is 4. The van der Waals surface area contributed by atoms with Crippen LogP contribution in [0.2, 0.25) is 0 Å². The molecule has 4 rings (SSSR count). The number of ketones is 1. The van der Waals surface area contributed by atoms with E-state index in [-0.39, 0.29) is 10.7 Å². The van der Waals surface area contributed by atoms with E-state index in [0.29, 0.717) is 23.2 Å². The number of fused-ring (bicyclic) bond motifs is 3. The van der Waals surface area contributed by atoms with Gasteiger partial charge in [0.25, 0.3) is 10.0 Å². The Morgan fingerprint density at radius 1 is 1.11 bits per heavy atom. The van der Waals surface area contributed by atoms with E-state index in [0.717, 1.165) is 47.0 Å². The minimum atomic E-state index is -3.76. The fraction of sp³-hybridized carbons (Fsp3) is 0.318. The lowest BCUT2D eigenvalue weighted by atomic mass is 9.94. The van der Waals surface area contributed by atoms with Crippen molar-refractivity contribution in [2.24, 2.45) is 0 Å². The number of hydrogen-bond acceptors (Lipinski definition) is 3. The number of benzene rings is 2. The summed E-state index contributed by atoms with van der Waals surface area (Å²) in [4.78, 5) is 15.9. The predicted molar refractivity (Wildman–Crippen MR) is 112 cm³/mol. The maximum atomic E-state index is 13.2. The molecule has 2 N–H and O–H groups in total. The molecular formula is C22H24N2O3S. The average molecular weight is 397 g/mol. The van der Waals surface area contributed by atoms with Crippen molar-refractivity contribution in [2.75, 3.05) is 4.72 Å². The molecule has 1 aliphatic rings. The van der Waals surface area contributed by atoms with Gasteiger partial charge in [-0.15, -0.1) is 0 Å². The first kappa shape index (κ1) is 18.7. The van der Waals surface area contributed by atoms with Gasteiger partial charge in [0.05, 0.1) is 10.6 Å². The molecule has 3 aromatic rings. The van der Waals surface area contributed by atoms with E-state index in [1.165, 1.54) is 0 Å². The number of carbonyl (C=O) groups is 1. The molecule has 0 atom stereocenters. The Kier molecular flexibility index (Phi) is 4.54. The summed E-state index contributed by atoms with van der Waals surface area (Å²) in [7, 11) is -3.76. The molecule has 0 saturated carbocycles. The van der Waals surface area contributed by atoms with E-state index in [2.05, 4.69) is 9.71 Å². The van der Waals surface area contributed by atoms with Crippen LogP contribution in [-0.2, 0) is 22.9 Å². The number of anilines is 1. The van der Waals surface area contributed by atoms with Gasteiger partial charge in [-0.1, -0.05) is 25.1 Å². The molecular weight excluding hydrogens is 372 g/mol. The highest BCUT2D eigenvalue weighted by Crippen LogP contribution is 2.33. The summed E-state index contributed by atoms with van der Waals surface area (Å²) >= 11 is 0. The van der Waals surface area contributed by atoms with Crippen LogP contribution in [-0.4, -0.2) is 19.2 Å². The van der Waals surface area contributed by atoms with Crippen LogP contribution in [0, 0.1) is 13.8 Å². The molecule has 0 radical (unpaired) electrons. The van der Waals surface area contributed by atoms with Crippen molar-refractivity contribution in [1.82, 2.24) is 4.98 Å². The molecule has 5 nitrogen and oxygen atoms in total. The van der Waals surface area contributed by atoms with Crippen LogP contribution >= 0.6 is 0 Å². The smallest absolute Gasteiger partial charge is 0.262 e. The van der Waals surface area contributed by atoms with Crippen molar-refractivity contribution in [3.8, 4) is 0 Å². The van der Waals surface area contributed by atoms with Gasteiger partial charge >= 0.3 is 0 Å². The van der Waals surface area contributed by atoms with Gasteiger partial charge in [-0.25, -0.2) is 8.42 Å². The highest BCUT2D eigenvalue weighted by molar-refractivity contribution is 7.92. The van der Waals surface area contributed by atoms with Crippen LogP contribution in [0.3, 0.4) is 0 Å². The van der Waals surface area contributed by atoms with Gasteiger partial charge in [0, 0.05) is 28.6 Å². The summed E-state index contributed by atoms with van der Waals surface area (Å²) in [6.45, 7) is 5.68. The van der Waals surface area contributed by atoms with Crippen molar-refractivity contribution in [2.45, 2.75) is 51.3 Å². The first-order valence-electron chi connectivity index (χ1n) is 9.61. The van der Waals surface area contributed by atoms with Crippen LogP contribution in [0.5, 0.6) is 0 Å². The van der Waals surface area contributed by atoms with Gasteiger partial charge in [-0.2, -0.15) is 0 Å². The molecule has 0 spiro atoms. The first-order chi connectivity index (χ1) is 13.3. The van der Waals surface area contributed by atoms with Crippen molar-refractivity contribution in [1.29, 1.82) is 0 Å². The predicted octanol–water partition coefficient (Wildman–Crippen LogP) is 4.67. The average Bonchev–Trinajstić information content (AvgIpc) is 3.01. The Labute approximate surface area is 165 Å². The molecule has 6 heteroatoms. The largest absolute Gasteiger partial charge is 0.358 e. The third-order valence-corrected chi connectivity index (χ3v) is 7.04. The van der Waals surface area contributed by atoms with E-state index < -0.39 is 10.0 Å². The van der Waals surface area contributed by atoms with Crippen molar-refractivity contribution in [3.05, 3.63) is 58.3 Å². The van der Waals surface area contributed by atoms with Crippen molar-refractivity contribution < 1.29 is 13.2 Å². The Hall–Kier alpha value is -2.60. The number of aryl methyl sites for hydroxylation is 4. The first-order valence-corrected chi connectivity index (χ1v) is 11.1. The van der Waals surface area contributed by atoms with Crippen molar-refractivity contribution in [3.63, 3.8) is 0 Å². The normalized spacial score (nSPS) is 14.3. The van der Waals surface area contributed by atoms with Crippen LogP contribution in [0.15, 0.2) is 35.2 Å². The van der Waals surface area contributed by atoms with Gasteiger partial charge in [0.15, 0.2) is 5.78 Å². The zero-order valence-electron chi connectivity index (χ0n) is 16.3. The van der Waals surface area contributed by atoms with E-state index in [1.807, 2.05) is 38.1 Å². The second kappa shape index (κ2) is 6.78. The Morgan fingerprint density at radius 2 is 1.89 bits per heavy atom. The Morgan fingerprint density at radius 3 is 2.64 bits per heavy atom. The van der Waals surface area contributed by atoms with E-state index in [4.69, 9.17) is 0 Å². The SMILES string of the molecule is CCc1cccc(C)c1NS(=O)(=O)c1cc2[nH]c3c(c2cc1C)C(=O)CCC3. The second-order valence-electron chi connectivity index (χ2n) is 7.49. The Balaban J connectivity index is 1.83. The lowest BCUT2D eigenvalue weighted by molar-refractivity contribution is 0.0974. The molecule has 0 amide bonds. The van der Waals surface area contributed by atoms with E-state index in [1.54, 1.807) is 13.0 Å². The zero-order valence-corrected chi connectivity index (χ0v) is 17.2. The van der Waals surface area contributed by atoms with E-state index in [9.17, 15) is 13.2 Å². The van der Waals surface area contributed by atoms with Crippen LogP contribution in [0.1, 0.15) is 52.5 Å². The molecule has 0 bridgehead atoms. The van der Waals surface area contributed by atoms with Gasteiger partial charge < -0.3 is 4.98 Å². The maximum Gasteiger partial charge on any atom is 0.262 e. The van der Waals surface area contributed by atoms with Crippen LogP contribution < -0.4 is 4.72 Å². The molecule has 1 heterocycles. The number of nitrogens with one attached hydrogen (secondary N) is 2. The number of carbonyl (C=O) groups excluding carboxylic acids is 1. The van der Waals surface area contributed by atoms with Crippen molar-refractivity contribution >= 4 is 32.4 Å². The number of para-hydroxylation sites is 1. The summed E-state index contributed by atoms with van der Waals surface area (Å²) in [6, 6.07) is 9.25. The monoisotopic (exact) mass is 396 g/mol. The topological polar surface area (TPSA) is 79.0 Å². The summed E-state index contributed by atoms with van der Waals surface area (Å²) in [6.07, 6.45) is 2.94. The number of hydrogen-bond donors (Lipinski definition) is 2. The summed E-state index contributed by atoms with van der Waals surface area (Å²) in [5, 5.41) is 0.821. The fourth-order valence-electron chi connectivity index (χ4n) is 4.09.